The Hall–Kier alpha value is -1.46. The molecule has 20 heavy (non-hydrogen) atoms. The summed E-state index contributed by atoms with van der Waals surface area (Å²) >= 11 is 0. The number of hydrogen-bond donors (Lipinski definition) is 1. The van der Waals surface area contributed by atoms with Crippen LogP contribution in [0.3, 0.4) is 0 Å². The fourth-order valence-corrected chi connectivity index (χ4v) is 3.48. The van der Waals surface area contributed by atoms with Crippen LogP contribution >= 0.6 is 0 Å². The second kappa shape index (κ2) is 5.50. The molecule has 3 unspecified atom stereocenters. The van der Waals surface area contributed by atoms with E-state index in [0.29, 0.717) is 12.1 Å². The Labute approximate surface area is 119 Å². The van der Waals surface area contributed by atoms with Crippen molar-refractivity contribution in [3.63, 3.8) is 0 Å². The van der Waals surface area contributed by atoms with Gasteiger partial charge in [0.25, 0.3) is 5.69 Å². The minimum absolute atomic E-state index is 0.165. The molecule has 1 N–H and O–H groups in total. The summed E-state index contributed by atoms with van der Waals surface area (Å²) in [6.07, 6.45) is 2.60. The Kier molecular flexibility index (Phi) is 3.72. The third-order valence-electron chi connectivity index (χ3n) is 4.76. The first-order chi connectivity index (χ1) is 9.65. The summed E-state index contributed by atoms with van der Waals surface area (Å²) in [7, 11) is 0. The molecule has 0 saturated carbocycles. The standard InChI is InChI=1S/C15H21N3O2/c1-11(12-4-6-14(7-5-12)18(19)20)17-9-13-3-2-8-16-15(13)10-17/h4-7,11,13,15-16H,2-3,8-10H2,1H3. The largest absolute Gasteiger partial charge is 0.312 e. The normalized spacial score (nSPS) is 28.1. The van der Waals surface area contributed by atoms with Crippen LogP contribution in [0.1, 0.15) is 31.4 Å². The van der Waals surface area contributed by atoms with Gasteiger partial charge in [-0.2, -0.15) is 0 Å². The van der Waals surface area contributed by atoms with Crippen LogP contribution in [0.2, 0.25) is 0 Å². The number of piperidine rings is 1. The molecule has 1 aromatic rings. The summed E-state index contributed by atoms with van der Waals surface area (Å²) in [4.78, 5) is 12.8. The molecular formula is C15H21N3O2. The van der Waals surface area contributed by atoms with Gasteiger partial charge in [0.15, 0.2) is 0 Å². The van der Waals surface area contributed by atoms with Gasteiger partial charge in [0.1, 0.15) is 0 Å². The number of likely N-dealkylation sites (tertiary alicyclic amines) is 1. The van der Waals surface area contributed by atoms with Gasteiger partial charge in [-0.3, -0.25) is 15.0 Å². The van der Waals surface area contributed by atoms with E-state index in [1.165, 1.54) is 12.8 Å². The van der Waals surface area contributed by atoms with E-state index in [9.17, 15) is 10.1 Å². The van der Waals surface area contributed by atoms with E-state index < -0.39 is 0 Å². The van der Waals surface area contributed by atoms with E-state index in [2.05, 4.69) is 17.1 Å². The average Bonchev–Trinajstić information content (AvgIpc) is 2.90. The molecule has 1 aromatic carbocycles. The SMILES string of the molecule is CC(c1ccc([N+](=O)[O-])cc1)N1CC2CCCNC2C1. The molecule has 0 radical (unpaired) electrons. The molecule has 2 aliphatic heterocycles. The third kappa shape index (κ3) is 2.55. The predicted molar refractivity (Wildman–Crippen MR) is 77.6 cm³/mol. The highest BCUT2D eigenvalue weighted by molar-refractivity contribution is 5.34. The molecule has 3 atom stereocenters. The number of rotatable bonds is 3. The van der Waals surface area contributed by atoms with Crippen molar-refractivity contribution >= 4 is 5.69 Å². The second-order valence-electron chi connectivity index (χ2n) is 5.94. The van der Waals surface area contributed by atoms with Crippen LogP contribution in [0.4, 0.5) is 5.69 Å². The smallest absolute Gasteiger partial charge is 0.269 e. The maximum Gasteiger partial charge on any atom is 0.269 e. The zero-order chi connectivity index (χ0) is 14.1. The summed E-state index contributed by atoms with van der Waals surface area (Å²) < 4.78 is 0. The Bertz CT molecular complexity index is 474. The molecule has 2 aliphatic rings. The molecule has 0 bridgehead atoms. The van der Waals surface area contributed by atoms with Crippen LogP contribution in [0.5, 0.6) is 0 Å². The molecule has 108 valence electrons. The highest BCUT2D eigenvalue weighted by atomic mass is 16.6. The Balaban J connectivity index is 1.69. The van der Waals surface area contributed by atoms with Crippen molar-refractivity contribution in [2.45, 2.75) is 31.8 Å². The molecule has 5 heteroatoms. The van der Waals surface area contributed by atoms with Gasteiger partial charge in [-0.05, 0) is 37.8 Å². The number of nitrogens with zero attached hydrogens (tertiary/aromatic N) is 2. The average molecular weight is 275 g/mol. The Morgan fingerprint density at radius 3 is 2.75 bits per heavy atom. The van der Waals surface area contributed by atoms with E-state index in [-0.39, 0.29) is 10.6 Å². The minimum atomic E-state index is -0.344. The topological polar surface area (TPSA) is 58.4 Å². The predicted octanol–water partition coefficient (Wildman–Crippen LogP) is 2.34. The lowest BCUT2D eigenvalue weighted by molar-refractivity contribution is -0.384. The third-order valence-corrected chi connectivity index (χ3v) is 4.76. The van der Waals surface area contributed by atoms with Gasteiger partial charge >= 0.3 is 0 Å². The quantitative estimate of drug-likeness (QED) is 0.679. The van der Waals surface area contributed by atoms with E-state index in [4.69, 9.17) is 0 Å². The number of nitro benzene ring substituents is 1. The molecule has 2 heterocycles. The van der Waals surface area contributed by atoms with Crippen molar-refractivity contribution in [1.82, 2.24) is 10.2 Å². The van der Waals surface area contributed by atoms with Crippen molar-refractivity contribution in [3.05, 3.63) is 39.9 Å². The van der Waals surface area contributed by atoms with E-state index in [1.54, 1.807) is 12.1 Å². The van der Waals surface area contributed by atoms with Crippen LogP contribution < -0.4 is 5.32 Å². The summed E-state index contributed by atoms with van der Waals surface area (Å²) in [5.41, 5.74) is 1.33. The molecule has 0 aliphatic carbocycles. The van der Waals surface area contributed by atoms with Crippen LogP contribution in [0, 0.1) is 16.0 Å². The van der Waals surface area contributed by atoms with Crippen molar-refractivity contribution in [2.24, 2.45) is 5.92 Å². The van der Waals surface area contributed by atoms with Crippen molar-refractivity contribution in [2.75, 3.05) is 19.6 Å². The first-order valence-corrected chi connectivity index (χ1v) is 7.37. The van der Waals surface area contributed by atoms with E-state index >= 15 is 0 Å². The molecule has 0 amide bonds. The first-order valence-electron chi connectivity index (χ1n) is 7.37. The molecule has 3 rings (SSSR count). The summed E-state index contributed by atoms with van der Waals surface area (Å²) in [6, 6.07) is 7.93. The van der Waals surface area contributed by atoms with Crippen molar-refractivity contribution < 1.29 is 4.92 Å². The summed E-state index contributed by atoms with van der Waals surface area (Å²) in [6.45, 7) is 5.55. The molecule has 2 fully saturated rings. The lowest BCUT2D eigenvalue weighted by Crippen LogP contribution is -2.40. The van der Waals surface area contributed by atoms with Crippen LogP contribution in [-0.4, -0.2) is 35.5 Å². The highest BCUT2D eigenvalue weighted by Crippen LogP contribution is 2.31. The lowest BCUT2D eigenvalue weighted by Gasteiger charge is -2.25. The van der Waals surface area contributed by atoms with Crippen LogP contribution in [-0.2, 0) is 0 Å². The second-order valence-corrected chi connectivity index (χ2v) is 5.94. The monoisotopic (exact) mass is 275 g/mol. The fourth-order valence-electron chi connectivity index (χ4n) is 3.48. The minimum Gasteiger partial charge on any atom is -0.312 e. The number of benzene rings is 1. The number of nitro groups is 1. The van der Waals surface area contributed by atoms with Crippen molar-refractivity contribution in [1.29, 1.82) is 0 Å². The van der Waals surface area contributed by atoms with Gasteiger partial charge in [0.05, 0.1) is 4.92 Å². The van der Waals surface area contributed by atoms with Crippen molar-refractivity contribution in [3.8, 4) is 0 Å². The molecule has 5 nitrogen and oxygen atoms in total. The lowest BCUT2D eigenvalue weighted by atomic mass is 9.94. The highest BCUT2D eigenvalue weighted by Gasteiger charge is 2.36. The molecule has 0 spiro atoms. The zero-order valence-corrected chi connectivity index (χ0v) is 11.8. The Morgan fingerprint density at radius 2 is 2.10 bits per heavy atom. The molecular weight excluding hydrogens is 254 g/mol. The van der Waals surface area contributed by atoms with Gasteiger partial charge in [-0.25, -0.2) is 0 Å². The number of nitrogens with one attached hydrogen (secondary N) is 1. The van der Waals surface area contributed by atoms with E-state index in [0.717, 1.165) is 31.1 Å². The number of hydrogen-bond acceptors (Lipinski definition) is 4. The number of non-ortho nitro benzene ring substituents is 1. The molecule has 0 aromatic heterocycles. The van der Waals surface area contributed by atoms with Gasteiger partial charge in [-0.1, -0.05) is 12.1 Å². The van der Waals surface area contributed by atoms with Gasteiger partial charge in [-0.15, -0.1) is 0 Å². The zero-order valence-electron chi connectivity index (χ0n) is 11.8. The summed E-state index contributed by atoms with van der Waals surface area (Å²) in [5, 5.41) is 14.3. The maximum atomic E-state index is 10.7. The molecule has 2 saturated heterocycles. The number of fused-ring (bicyclic) bond motifs is 1. The van der Waals surface area contributed by atoms with Gasteiger partial charge < -0.3 is 5.32 Å². The Morgan fingerprint density at radius 1 is 1.35 bits per heavy atom. The van der Waals surface area contributed by atoms with Gasteiger partial charge in [0.2, 0.25) is 0 Å². The fraction of sp³-hybridized carbons (Fsp3) is 0.600. The van der Waals surface area contributed by atoms with E-state index in [1.807, 2.05) is 12.1 Å². The maximum absolute atomic E-state index is 10.7. The first kappa shape index (κ1) is 13.5. The summed E-state index contributed by atoms with van der Waals surface area (Å²) in [5.74, 6) is 0.768. The van der Waals surface area contributed by atoms with Crippen LogP contribution in [0.15, 0.2) is 24.3 Å². The van der Waals surface area contributed by atoms with Crippen LogP contribution in [0.25, 0.3) is 0 Å². The van der Waals surface area contributed by atoms with Gasteiger partial charge in [0, 0.05) is 37.3 Å².